The van der Waals surface area contributed by atoms with E-state index in [4.69, 9.17) is 9.84 Å². The number of rotatable bonds is 6. The van der Waals surface area contributed by atoms with Crippen molar-refractivity contribution >= 4 is 27.5 Å². The van der Waals surface area contributed by atoms with Gasteiger partial charge in [-0.2, -0.15) is 0 Å². The molecule has 0 aliphatic heterocycles. The Hall–Kier alpha value is -1.77. The molecule has 2 aromatic heterocycles. The van der Waals surface area contributed by atoms with Crippen molar-refractivity contribution in [3.63, 3.8) is 0 Å². The van der Waals surface area contributed by atoms with Crippen LogP contribution in [-0.2, 0) is 4.74 Å². The van der Waals surface area contributed by atoms with Gasteiger partial charge in [-0.1, -0.05) is 0 Å². The number of ether oxygens (including phenoxy) is 1. The fraction of sp³-hybridized carbons (Fsp3) is 0.462. The smallest absolute Gasteiger partial charge is 0.264 e. The highest BCUT2D eigenvalue weighted by molar-refractivity contribution is 7.20. The summed E-state index contributed by atoms with van der Waals surface area (Å²) in [7, 11) is 1.55. The zero-order chi connectivity index (χ0) is 15.4. The number of fused-ring (bicyclic) bond motifs is 1. The Bertz CT molecular complexity index is 694. The zero-order valence-electron chi connectivity index (χ0n) is 11.9. The standard InChI is InChI=1S/C13H17N3O4S/c1-8-9-11(18)14-7-15-12(9)21-10(8)13(19)16(3-5-17)4-6-20-2/h7,17H,3-6H2,1-2H3,(H,14,15,18). The van der Waals surface area contributed by atoms with Gasteiger partial charge in [-0.25, -0.2) is 4.98 Å². The summed E-state index contributed by atoms with van der Waals surface area (Å²) in [4.78, 5) is 33.5. The number of aryl methyl sites for hydroxylation is 1. The lowest BCUT2D eigenvalue weighted by molar-refractivity contribution is 0.0660. The van der Waals surface area contributed by atoms with E-state index in [-0.39, 0.29) is 24.6 Å². The molecular formula is C13H17N3O4S. The molecule has 8 heteroatoms. The number of carbonyl (C=O) groups is 1. The number of hydrogen-bond donors (Lipinski definition) is 2. The summed E-state index contributed by atoms with van der Waals surface area (Å²) in [5.74, 6) is -0.221. The number of methoxy groups -OCH3 is 1. The summed E-state index contributed by atoms with van der Waals surface area (Å²) in [5.41, 5.74) is 0.369. The second kappa shape index (κ2) is 6.79. The Morgan fingerprint density at radius 3 is 2.90 bits per heavy atom. The summed E-state index contributed by atoms with van der Waals surface area (Å²) in [5, 5.41) is 9.53. The summed E-state index contributed by atoms with van der Waals surface area (Å²) < 4.78 is 4.97. The van der Waals surface area contributed by atoms with Gasteiger partial charge in [0, 0.05) is 20.2 Å². The van der Waals surface area contributed by atoms with Crippen molar-refractivity contribution in [2.45, 2.75) is 6.92 Å². The Kier molecular flexibility index (Phi) is 5.05. The highest BCUT2D eigenvalue weighted by Gasteiger charge is 2.22. The van der Waals surface area contributed by atoms with Crippen LogP contribution in [0.1, 0.15) is 15.2 Å². The van der Waals surface area contributed by atoms with Crippen molar-refractivity contribution < 1.29 is 14.6 Å². The Morgan fingerprint density at radius 2 is 2.29 bits per heavy atom. The van der Waals surface area contributed by atoms with Crippen LogP contribution in [-0.4, -0.2) is 59.3 Å². The van der Waals surface area contributed by atoms with Crippen molar-refractivity contribution in [1.29, 1.82) is 0 Å². The first-order chi connectivity index (χ1) is 10.1. The molecular weight excluding hydrogens is 294 g/mol. The van der Waals surface area contributed by atoms with E-state index >= 15 is 0 Å². The van der Waals surface area contributed by atoms with Gasteiger partial charge in [0.1, 0.15) is 4.83 Å². The van der Waals surface area contributed by atoms with Crippen LogP contribution < -0.4 is 5.56 Å². The second-order valence-electron chi connectivity index (χ2n) is 4.48. The molecule has 0 saturated carbocycles. The van der Waals surface area contributed by atoms with Crippen LogP contribution in [0.5, 0.6) is 0 Å². The van der Waals surface area contributed by atoms with Crippen LogP contribution >= 0.6 is 11.3 Å². The SMILES string of the molecule is COCCN(CCO)C(=O)c1sc2nc[nH]c(=O)c2c1C. The van der Waals surface area contributed by atoms with Gasteiger partial charge in [0.25, 0.3) is 11.5 Å². The summed E-state index contributed by atoms with van der Waals surface area (Å²) >= 11 is 1.19. The largest absolute Gasteiger partial charge is 0.395 e. The molecule has 7 nitrogen and oxygen atoms in total. The number of nitrogens with one attached hydrogen (secondary N) is 1. The number of thiophene rings is 1. The third-order valence-corrected chi connectivity index (χ3v) is 4.34. The van der Waals surface area contributed by atoms with Gasteiger partial charge in [0.15, 0.2) is 0 Å². The Morgan fingerprint density at radius 1 is 1.52 bits per heavy atom. The lowest BCUT2D eigenvalue weighted by Gasteiger charge is -2.20. The highest BCUT2D eigenvalue weighted by atomic mass is 32.1. The molecule has 0 saturated heterocycles. The second-order valence-corrected chi connectivity index (χ2v) is 5.48. The molecule has 0 unspecified atom stereocenters. The summed E-state index contributed by atoms with van der Waals surface area (Å²) in [6, 6.07) is 0. The highest BCUT2D eigenvalue weighted by Crippen LogP contribution is 2.27. The van der Waals surface area contributed by atoms with E-state index < -0.39 is 0 Å². The number of aromatic nitrogens is 2. The molecule has 0 atom stereocenters. The van der Waals surface area contributed by atoms with Crippen LogP contribution in [0, 0.1) is 6.92 Å². The van der Waals surface area contributed by atoms with Crippen molar-refractivity contribution in [3.05, 3.63) is 27.1 Å². The molecule has 0 aliphatic rings. The molecule has 114 valence electrons. The number of aliphatic hydroxyl groups excluding tert-OH is 1. The zero-order valence-corrected chi connectivity index (χ0v) is 12.7. The number of carbonyl (C=O) groups excluding carboxylic acids is 1. The molecule has 0 fully saturated rings. The first kappa shape index (κ1) is 15.6. The van der Waals surface area contributed by atoms with Gasteiger partial charge >= 0.3 is 0 Å². The fourth-order valence-electron chi connectivity index (χ4n) is 2.06. The lowest BCUT2D eigenvalue weighted by atomic mass is 10.2. The minimum atomic E-state index is -0.251. The van der Waals surface area contributed by atoms with E-state index in [2.05, 4.69) is 9.97 Å². The Labute approximate surface area is 125 Å². The molecule has 0 aliphatic carbocycles. The van der Waals surface area contributed by atoms with Gasteiger partial charge < -0.3 is 19.7 Å². The van der Waals surface area contributed by atoms with E-state index in [0.717, 1.165) is 0 Å². The van der Waals surface area contributed by atoms with Gasteiger partial charge in [0.05, 0.1) is 29.8 Å². The molecule has 2 aromatic rings. The van der Waals surface area contributed by atoms with Gasteiger partial charge in [-0.05, 0) is 12.5 Å². The number of amides is 1. The van der Waals surface area contributed by atoms with E-state index in [1.807, 2.05) is 0 Å². The first-order valence-electron chi connectivity index (χ1n) is 6.46. The van der Waals surface area contributed by atoms with Crippen LogP contribution in [0.3, 0.4) is 0 Å². The minimum Gasteiger partial charge on any atom is -0.395 e. The normalized spacial score (nSPS) is 11.0. The van der Waals surface area contributed by atoms with Crippen molar-refractivity contribution in [2.75, 3.05) is 33.4 Å². The van der Waals surface area contributed by atoms with E-state index in [0.29, 0.717) is 33.8 Å². The van der Waals surface area contributed by atoms with Crippen molar-refractivity contribution in [3.8, 4) is 0 Å². The molecule has 2 heterocycles. The van der Waals surface area contributed by atoms with Gasteiger partial charge in [0.2, 0.25) is 0 Å². The Balaban J connectivity index is 2.40. The predicted molar refractivity (Wildman–Crippen MR) is 79.8 cm³/mol. The van der Waals surface area contributed by atoms with E-state index in [9.17, 15) is 9.59 Å². The third-order valence-electron chi connectivity index (χ3n) is 3.15. The van der Waals surface area contributed by atoms with Gasteiger partial charge in [-0.15, -0.1) is 11.3 Å². The number of aliphatic hydroxyl groups is 1. The van der Waals surface area contributed by atoms with Crippen molar-refractivity contribution in [2.24, 2.45) is 0 Å². The number of aromatic amines is 1. The lowest BCUT2D eigenvalue weighted by Crippen LogP contribution is -2.36. The van der Waals surface area contributed by atoms with E-state index in [1.54, 1.807) is 14.0 Å². The minimum absolute atomic E-state index is 0.127. The number of nitrogens with zero attached hydrogens (tertiary/aromatic N) is 2. The summed E-state index contributed by atoms with van der Waals surface area (Å²) in [6.45, 7) is 2.59. The van der Waals surface area contributed by atoms with Crippen LogP contribution in [0.25, 0.3) is 10.2 Å². The van der Waals surface area contributed by atoms with Crippen molar-refractivity contribution in [1.82, 2.24) is 14.9 Å². The maximum atomic E-state index is 12.6. The van der Waals surface area contributed by atoms with Crippen LogP contribution in [0.2, 0.25) is 0 Å². The maximum Gasteiger partial charge on any atom is 0.264 e. The predicted octanol–water partition coefficient (Wildman–Crippen LogP) is 0.374. The third kappa shape index (κ3) is 3.12. The molecule has 0 radical (unpaired) electrons. The average Bonchev–Trinajstić information content (AvgIpc) is 2.81. The molecule has 21 heavy (non-hydrogen) atoms. The topological polar surface area (TPSA) is 95.5 Å². The molecule has 0 spiro atoms. The number of H-pyrrole nitrogens is 1. The fourth-order valence-corrected chi connectivity index (χ4v) is 3.18. The maximum absolute atomic E-state index is 12.6. The average molecular weight is 311 g/mol. The van der Waals surface area contributed by atoms with E-state index in [1.165, 1.54) is 22.6 Å². The molecule has 1 amide bonds. The summed E-state index contributed by atoms with van der Waals surface area (Å²) in [6.07, 6.45) is 1.32. The monoisotopic (exact) mass is 311 g/mol. The molecule has 0 bridgehead atoms. The van der Waals surface area contributed by atoms with Crippen LogP contribution in [0.4, 0.5) is 0 Å². The molecule has 2 N–H and O–H groups in total. The quantitative estimate of drug-likeness (QED) is 0.804. The van der Waals surface area contributed by atoms with Crippen LogP contribution in [0.15, 0.2) is 11.1 Å². The number of hydrogen-bond acceptors (Lipinski definition) is 6. The molecule has 2 rings (SSSR count). The molecule has 0 aromatic carbocycles. The first-order valence-corrected chi connectivity index (χ1v) is 7.27. The van der Waals surface area contributed by atoms with Gasteiger partial charge in [-0.3, -0.25) is 9.59 Å².